The quantitative estimate of drug-likeness (QED) is 0.923. The van der Waals surface area contributed by atoms with Crippen molar-refractivity contribution in [1.29, 1.82) is 0 Å². The van der Waals surface area contributed by atoms with Gasteiger partial charge in [0, 0.05) is 36.7 Å². The Labute approximate surface area is 145 Å². The van der Waals surface area contributed by atoms with Gasteiger partial charge >= 0.3 is 0 Å². The van der Waals surface area contributed by atoms with E-state index in [0.29, 0.717) is 18.4 Å². The molecule has 0 aromatic heterocycles. The Kier molecular flexibility index (Phi) is 4.35. The van der Waals surface area contributed by atoms with Gasteiger partial charge in [-0.3, -0.25) is 9.69 Å². The van der Waals surface area contributed by atoms with Gasteiger partial charge in [-0.1, -0.05) is 19.1 Å². The number of amides is 1. The highest BCUT2D eigenvalue weighted by atomic mass is 16.2. The standard InChI is InChI=1S/C20H29N3O/c1-3-20(24)23-11-8-15-12-14(4-5-18(15)23)17-13-19(17)22(2)16-6-9-21-10-7-16/h4-5,12,16-17,19,21H,3,6-11,13H2,1-2H3. The first-order chi connectivity index (χ1) is 11.7. The van der Waals surface area contributed by atoms with Crippen LogP contribution in [0.1, 0.15) is 49.7 Å². The fourth-order valence-corrected chi connectivity index (χ4v) is 4.58. The number of nitrogens with zero attached hydrogens (tertiary/aromatic N) is 2. The summed E-state index contributed by atoms with van der Waals surface area (Å²) in [5.74, 6) is 0.933. The second-order valence-electron chi connectivity index (χ2n) is 7.59. The molecule has 2 atom stereocenters. The average Bonchev–Trinajstić information content (AvgIpc) is 3.33. The summed E-state index contributed by atoms with van der Waals surface area (Å²) in [6.07, 6.45) is 5.44. The summed E-state index contributed by atoms with van der Waals surface area (Å²) in [6.45, 7) is 5.12. The van der Waals surface area contributed by atoms with Crippen LogP contribution in [-0.2, 0) is 11.2 Å². The topological polar surface area (TPSA) is 35.6 Å². The molecule has 2 unspecified atom stereocenters. The van der Waals surface area contributed by atoms with E-state index in [-0.39, 0.29) is 5.91 Å². The lowest BCUT2D eigenvalue weighted by Gasteiger charge is -2.32. The summed E-state index contributed by atoms with van der Waals surface area (Å²) < 4.78 is 0. The van der Waals surface area contributed by atoms with Gasteiger partial charge in [-0.05, 0) is 63.0 Å². The number of hydrogen-bond donors (Lipinski definition) is 1. The van der Waals surface area contributed by atoms with Crippen molar-refractivity contribution in [2.24, 2.45) is 0 Å². The van der Waals surface area contributed by atoms with E-state index in [1.165, 1.54) is 30.4 Å². The molecular formula is C20H29N3O. The molecule has 1 aromatic rings. The summed E-state index contributed by atoms with van der Waals surface area (Å²) in [5, 5.41) is 3.46. The maximum Gasteiger partial charge on any atom is 0.226 e. The van der Waals surface area contributed by atoms with Crippen molar-refractivity contribution >= 4 is 11.6 Å². The van der Waals surface area contributed by atoms with E-state index >= 15 is 0 Å². The Morgan fingerprint density at radius 1 is 1.33 bits per heavy atom. The molecule has 0 radical (unpaired) electrons. The van der Waals surface area contributed by atoms with Crippen LogP contribution < -0.4 is 10.2 Å². The van der Waals surface area contributed by atoms with Crippen LogP contribution in [0.5, 0.6) is 0 Å². The van der Waals surface area contributed by atoms with Crippen molar-refractivity contribution in [3.63, 3.8) is 0 Å². The van der Waals surface area contributed by atoms with Crippen molar-refractivity contribution in [3.8, 4) is 0 Å². The normalized spacial score (nSPS) is 26.7. The monoisotopic (exact) mass is 327 g/mol. The minimum atomic E-state index is 0.247. The maximum atomic E-state index is 12.0. The number of benzene rings is 1. The highest BCUT2D eigenvalue weighted by Crippen LogP contribution is 2.46. The number of hydrogen-bond acceptors (Lipinski definition) is 3. The van der Waals surface area contributed by atoms with Crippen molar-refractivity contribution < 1.29 is 4.79 Å². The fourth-order valence-electron chi connectivity index (χ4n) is 4.58. The predicted molar refractivity (Wildman–Crippen MR) is 97.6 cm³/mol. The largest absolute Gasteiger partial charge is 0.317 e. The van der Waals surface area contributed by atoms with E-state index in [2.05, 4.69) is 35.5 Å². The number of carbonyl (C=O) groups is 1. The van der Waals surface area contributed by atoms with Crippen LogP contribution in [0.3, 0.4) is 0 Å². The molecule has 1 N–H and O–H groups in total. The molecule has 4 nitrogen and oxygen atoms in total. The molecule has 130 valence electrons. The van der Waals surface area contributed by atoms with E-state index in [9.17, 15) is 4.79 Å². The highest BCUT2D eigenvalue weighted by molar-refractivity contribution is 5.95. The molecule has 2 fully saturated rings. The molecule has 0 bridgehead atoms. The predicted octanol–water partition coefficient (Wildman–Crippen LogP) is 2.53. The Hall–Kier alpha value is -1.39. The number of likely N-dealkylation sites (N-methyl/N-ethyl adjacent to an activating group) is 1. The summed E-state index contributed by atoms with van der Waals surface area (Å²) in [5.41, 5.74) is 3.99. The van der Waals surface area contributed by atoms with Gasteiger partial charge in [0.1, 0.15) is 0 Å². The van der Waals surface area contributed by atoms with Crippen molar-refractivity contribution in [2.45, 2.75) is 57.0 Å². The van der Waals surface area contributed by atoms with Gasteiger partial charge in [-0.15, -0.1) is 0 Å². The zero-order chi connectivity index (χ0) is 16.7. The van der Waals surface area contributed by atoms with Crippen LogP contribution in [0.25, 0.3) is 0 Å². The summed E-state index contributed by atoms with van der Waals surface area (Å²) in [7, 11) is 2.32. The lowest BCUT2D eigenvalue weighted by atomic mass is 10.0. The Bertz CT molecular complexity index is 623. The molecule has 0 spiro atoms. The molecule has 1 aromatic carbocycles. The van der Waals surface area contributed by atoms with Crippen LogP contribution in [0.2, 0.25) is 0 Å². The number of nitrogens with one attached hydrogen (secondary N) is 1. The number of anilines is 1. The second-order valence-corrected chi connectivity index (χ2v) is 7.59. The average molecular weight is 327 g/mol. The van der Waals surface area contributed by atoms with Crippen LogP contribution in [0, 0.1) is 0 Å². The number of piperidine rings is 1. The molecule has 1 saturated heterocycles. The number of fused-ring (bicyclic) bond motifs is 1. The SMILES string of the molecule is CCC(=O)N1CCc2cc(C3CC3N(C)C3CCNCC3)ccc21. The van der Waals surface area contributed by atoms with Crippen LogP contribution >= 0.6 is 0 Å². The van der Waals surface area contributed by atoms with E-state index in [1.807, 2.05) is 11.8 Å². The minimum absolute atomic E-state index is 0.247. The fraction of sp³-hybridized carbons (Fsp3) is 0.650. The van der Waals surface area contributed by atoms with Gasteiger partial charge < -0.3 is 10.2 Å². The minimum Gasteiger partial charge on any atom is -0.317 e. The van der Waals surface area contributed by atoms with Crippen molar-refractivity contribution in [2.75, 3.05) is 31.6 Å². The van der Waals surface area contributed by atoms with Gasteiger partial charge in [0.15, 0.2) is 0 Å². The van der Waals surface area contributed by atoms with Gasteiger partial charge in [0.2, 0.25) is 5.91 Å². The number of carbonyl (C=O) groups excluding carboxylic acids is 1. The molecule has 1 aliphatic carbocycles. The molecule has 1 amide bonds. The van der Waals surface area contributed by atoms with Crippen LogP contribution in [-0.4, -0.2) is 49.6 Å². The molecule has 24 heavy (non-hydrogen) atoms. The van der Waals surface area contributed by atoms with E-state index in [1.54, 1.807) is 0 Å². The van der Waals surface area contributed by atoms with Crippen molar-refractivity contribution in [1.82, 2.24) is 10.2 Å². The lowest BCUT2D eigenvalue weighted by Crippen LogP contribution is -2.42. The third kappa shape index (κ3) is 2.86. The Morgan fingerprint density at radius 2 is 2.12 bits per heavy atom. The Balaban J connectivity index is 1.44. The van der Waals surface area contributed by atoms with E-state index in [4.69, 9.17) is 0 Å². The molecule has 1 saturated carbocycles. The van der Waals surface area contributed by atoms with E-state index < -0.39 is 0 Å². The second kappa shape index (κ2) is 6.49. The van der Waals surface area contributed by atoms with Gasteiger partial charge in [0.25, 0.3) is 0 Å². The van der Waals surface area contributed by atoms with Crippen LogP contribution in [0.4, 0.5) is 5.69 Å². The molecular weight excluding hydrogens is 298 g/mol. The summed E-state index contributed by atoms with van der Waals surface area (Å²) in [6, 6.07) is 8.28. The smallest absolute Gasteiger partial charge is 0.226 e. The van der Waals surface area contributed by atoms with Crippen molar-refractivity contribution in [3.05, 3.63) is 29.3 Å². The first-order valence-electron chi connectivity index (χ1n) is 9.55. The third-order valence-corrected chi connectivity index (χ3v) is 6.20. The zero-order valence-corrected chi connectivity index (χ0v) is 14.9. The molecule has 4 rings (SSSR count). The van der Waals surface area contributed by atoms with Crippen LogP contribution in [0.15, 0.2) is 18.2 Å². The maximum absolute atomic E-state index is 12.0. The third-order valence-electron chi connectivity index (χ3n) is 6.20. The molecule has 2 aliphatic heterocycles. The molecule has 4 heteroatoms. The molecule has 2 heterocycles. The summed E-state index contributed by atoms with van der Waals surface area (Å²) in [4.78, 5) is 16.6. The summed E-state index contributed by atoms with van der Waals surface area (Å²) >= 11 is 0. The lowest BCUT2D eigenvalue weighted by molar-refractivity contribution is -0.118. The van der Waals surface area contributed by atoms with Gasteiger partial charge in [-0.25, -0.2) is 0 Å². The van der Waals surface area contributed by atoms with Gasteiger partial charge in [0.05, 0.1) is 0 Å². The van der Waals surface area contributed by atoms with E-state index in [0.717, 1.165) is 37.8 Å². The molecule has 3 aliphatic rings. The highest BCUT2D eigenvalue weighted by Gasteiger charge is 2.43. The van der Waals surface area contributed by atoms with Gasteiger partial charge in [-0.2, -0.15) is 0 Å². The Morgan fingerprint density at radius 3 is 2.88 bits per heavy atom. The first-order valence-corrected chi connectivity index (χ1v) is 9.55. The zero-order valence-electron chi connectivity index (χ0n) is 14.9. The first kappa shape index (κ1) is 16.1. The number of rotatable bonds is 4.